The lowest BCUT2D eigenvalue weighted by atomic mass is 10.1. The van der Waals surface area contributed by atoms with Crippen molar-refractivity contribution in [1.82, 2.24) is 9.55 Å². The van der Waals surface area contributed by atoms with E-state index in [0.717, 1.165) is 31.6 Å². The number of aryl methyl sites for hydroxylation is 1. The molecule has 1 heterocycles. The highest BCUT2D eigenvalue weighted by Gasteiger charge is 2.09. The normalized spacial score (nSPS) is 12.8. The van der Waals surface area contributed by atoms with Crippen LogP contribution in [-0.2, 0) is 13.0 Å². The summed E-state index contributed by atoms with van der Waals surface area (Å²) in [4.78, 5) is 16.0. The maximum absolute atomic E-state index is 11.8. The first-order valence-corrected chi connectivity index (χ1v) is 6.22. The molecular weight excluding hydrogens is 224 g/mol. The number of rotatable bonds is 5. The van der Waals surface area contributed by atoms with Crippen molar-refractivity contribution in [3.8, 4) is 0 Å². The van der Waals surface area contributed by atoms with Crippen molar-refractivity contribution in [2.75, 3.05) is 0 Å². The summed E-state index contributed by atoms with van der Waals surface area (Å²) in [5.74, 6) is 1.27. The zero-order chi connectivity index (χ0) is 12.1. The van der Waals surface area contributed by atoms with Crippen molar-refractivity contribution in [3.05, 3.63) is 27.4 Å². The molecule has 0 saturated carbocycles. The van der Waals surface area contributed by atoms with Gasteiger partial charge in [0.05, 0.1) is 0 Å². The van der Waals surface area contributed by atoms with Crippen LogP contribution in [-0.4, -0.2) is 9.55 Å². The fourth-order valence-corrected chi connectivity index (χ4v) is 2.07. The standard InChI is InChI=1S/C12H19ClN2O/c1-4-6-9(3)8-15-11(5-2)14-10(13)7-12(15)16/h7,9H,4-6,8H2,1-3H3. The van der Waals surface area contributed by atoms with Gasteiger partial charge in [0.15, 0.2) is 0 Å². The van der Waals surface area contributed by atoms with Gasteiger partial charge in [0.1, 0.15) is 11.0 Å². The third-order valence-corrected chi connectivity index (χ3v) is 2.84. The van der Waals surface area contributed by atoms with Gasteiger partial charge in [0.25, 0.3) is 5.56 Å². The quantitative estimate of drug-likeness (QED) is 0.745. The molecule has 16 heavy (non-hydrogen) atoms. The Morgan fingerprint density at radius 1 is 1.50 bits per heavy atom. The summed E-state index contributed by atoms with van der Waals surface area (Å²) in [6, 6.07) is 1.39. The van der Waals surface area contributed by atoms with Crippen molar-refractivity contribution in [2.45, 2.75) is 46.6 Å². The minimum atomic E-state index is -0.0418. The molecule has 0 aliphatic heterocycles. The maximum atomic E-state index is 11.8. The average Bonchev–Trinajstić information content (AvgIpc) is 2.22. The van der Waals surface area contributed by atoms with Crippen LogP contribution in [0.1, 0.15) is 39.4 Å². The lowest BCUT2D eigenvalue weighted by Crippen LogP contribution is -2.26. The van der Waals surface area contributed by atoms with Gasteiger partial charge in [-0.15, -0.1) is 0 Å². The van der Waals surface area contributed by atoms with E-state index in [0.29, 0.717) is 11.1 Å². The first kappa shape index (κ1) is 13.2. The second kappa shape index (κ2) is 6.04. The number of hydrogen-bond acceptors (Lipinski definition) is 2. The van der Waals surface area contributed by atoms with Gasteiger partial charge in [-0.1, -0.05) is 38.8 Å². The Labute approximate surface area is 101 Å². The van der Waals surface area contributed by atoms with E-state index in [-0.39, 0.29) is 5.56 Å². The van der Waals surface area contributed by atoms with Crippen LogP contribution < -0.4 is 5.56 Å². The molecule has 0 spiro atoms. The number of nitrogens with zero attached hydrogens (tertiary/aromatic N) is 2. The Morgan fingerprint density at radius 3 is 2.75 bits per heavy atom. The van der Waals surface area contributed by atoms with E-state index in [1.54, 1.807) is 4.57 Å². The Hall–Kier alpha value is -0.830. The molecule has 1 unspecified atom stereocenters. The number of hydrogen-bond donors (Lipinski definition) is 0. The molecule has 1 atom stereocenters. The topological polar surface area (TPSA) is 34.9 Å². The fraction of sp³-hybridized carbons (Fsp3) is 0.667. The van der Waals surface area contributed by atoms with Crippen molar-refractivity contribution in [3.63, 3.8) is 0 Å². The summed E-state index contributed by atoms with van der Waals surface area (Å²) in [7, 11) is 0. The van der Waals surface area contributed by atoms with E-state index in [4.69, 9.17) is 11.6 Å². The van der Waals surface area contributed by atoms with Gasteiger partial charge in [0, 0.05) is 19.0 Å². The van der Waals surface area contributed by atoms with Gasteiger partial charge in [-0.25, -0.2) is 4.98 Å². The predicted octanol–water partition coefficient (Wildman–Crippen LogP) is 2.90. The SMILES string of the molecule is CCCC(C)Cn1c(CC)nc(Cl)cc1=O. The van der Waals surface area contributed by atoms with Crippen LogP contribution in [0.4, 0.5) is 0 Å². The van der Waals surface area contributed by atoms with Gasteiger partial charge >= 0.3 is 0 Å². The van der Waals surface area contributed by atoms with Gasteiger partial charge in [-0.2, -0.15) is 0 Å². The minimum absolute atomic E-state index is 0.0418. The summed E-state index contributed by atoms with van der Waals surface area (Å²) >= 11 is 5.77. The molecule has 4 heteroatoms. The molecule has 3 nitrogen and oxygen atoms in total. The molecule has 0 amide bonds. The lowest BCUT2D eigenvalue weighted by molar-refractivity contribution is 0.425. The van der Waals surface area contributed by atoms with Crippen LogP contribution in [0.2, 0.25) is 5.15 Å². The highest BCUT2D eigenvalue weighted by atomic mass is 35.5. The van der Waals surface area contributed by atoms with Crippen molar-refractivity contribution >= 4 is 11.6 Å². The molecule has 1 aromatic heterocycles. The van der Waals surface area contributed by atoms with Gasteiger partial charge in [-0.3, -0.25) is 9.36 Å². The van der Waals surface area contributed by atoms with Crippen molar-refractivity contribution in [1.29, 1.82) is 0 Å². The van der Waals surface area contributed by atoms with E-state index in [1.807, 2.05) is 6.92 Å². The Bertz CT molecular complexity index is 400. The van der Waals surface area contributed by atoms with E-state index in [1.165, 1.54) is 6.07 Å². The largest absolute Gasteiger partial charge is 0.296 e. The zero-order valence-electron chi connectivity index (χ0n) is 10.2. The van der Waals surface area contributed by atoms with Crippen molar-refractivity contribution in [2.24, 2.45) is 5.92 Å². The van der Waals surface area contributed by atoms with E-state index >= 15 is 0 Å². The molecule has 1 rings (SSSR count). The average molecular weight is 243 g/mol. The van der Waals surface area contributed by atoms with Crippen LogP contribution in [0.25, 0.3) is 0 Å². The Morgan fingerprint density at radius 2 is 2.19 bits per heavy atom. The third-order valence-electron chi connectivity index (χ3n) is 2.65. The molecule has 0 N–H and O–H groups in total. The molecule has 0 radical (unpaired) electrons. The molecule has 0 aliphatic carbocycles. The molecule has 0 fully saturated rings. The van der Waals surface area contributed by atoms with Crippen molar-refractivity contribution < 1.29 is 0 Å². The van der Waals surface area contributed by atoms with Crippen LogP contribution in [0.3, 0.4) is 0 Å². The molecule has 0 bridgehead atoms. The van der Waals surface area contributed by atoms with Crippen LogP contribution in [0, 0.1) is 5.92 Å². The smallest absolute Gasteiger partial charge is 0.254 e. The highest BCUT2D eigenvalue weighted by molar-refractivity contribution is 6.29. The summed E-state index contributed by atoms with van der Waals surface area (Å²) in [5, 5.41) is 0.293. The Kier molecular flexibility index (Phi) is 5.00. The van der Waals surface area contributed by atoms with Gasteiger partial charge in [-0.05, 0) is 12.3 Å². The summed E-state index contributed by atoms with van der Waals surface area (Å²) in [6.07, 6.45) is 2.99. The van der Waals surface area contributed by atoms with E-state index in [2.05, 4.69) is 18.8 Å². The van der Waals surface area contributed by atoms with E-state index in [9.17, 15) is 4.79 Å². The molecule has 0 aliphatic rings. The fourth-order valence-electron chi connectivity index (χ4n) is 1.88. The Balaban J connectivity index is 2.98. The first-order chi connectivity index (χ1) is 7.58. The van der Waals surface area contributed by atoms with Crippen LogP contribution in [0.5, 0.6) is 0 Å². The molecule has 1 aromatic rings. The second-order valence-corrected chi connectivity index (χ2v) is 4.58. The van der Waals surface area contributed by atoms with E-state index < -0.39 is 0 Å². The first-order valence-electron chi connectivity index (χ1n) is 5.84. The molecular formula is C12H19ClN2O. The number of aromatic nitrogens is 2. The van der Waals surface area contributed by atoms with Gasteiger partial charge in [0.2, 0.25) is 0 Å². The zero-order valence-corrected chi connectivity index (χ0v) is 10.9. The van der Waals surface area contributed by atoms with Crippen LogP contribution in [0.15, 0.2) is 10.9 Å². The van der Waals surface area contributed by atoms with Gasteiger partial charge < -0.3 is 0 Å². The minimum Gasteiger partial charge on any atom is -0.296 e. The van der Waals surface area contributed by atoms with Crippen LogP contribution >= 0.6 is 11.6 Å². The molecule has 0 saturated heterocycles. The summed E-state index contributed by atoms with van der Waals surface area (Å²) in [5.41, 5.74) is -0.0418. The predicted molar refractivity (Wildman–Crippen MR) is 67.0 cm³/mol. The summed E-state index contributed by atoms with van der Waals surface area (Å²) < 4.78 is 1.74. The maximum Gasteiger partial charge on any atom is 0.254 e. The summed E-state index contributed by atoms with van der Waals surface area (Å²) in [6.45, 7) is 7.03. The lowest BCUT2D eigenvalue weighted by Gasteiger charge is -2.15. The molecule has 90 valence electrons. The second-order valence-electron chi connectivity index (χ2n) is 4.19. The third kappa shape index (κ3) is 3.34. The highest BCUT2D eigenvalue weighted by Crippen LogP contribution is 2.10. The molecule has 0 aromatic carbocycles. The monoisotopic (exact) mass is 242 g/mol. The number of halogens is 1.